The molecule has 2 nitrogen and oxygen atoms in total. The second kappa shape index (κ2) is 9.41. The Morgan fingerprint density at radius 2 is 1.11 bits per heavy atom. The van der Waals surface area contributed by atoms with Crippen molar-refractivity contribution in [2.75, 3.05) is 53.4 Å². The van der Waals surface area contributed by atoms with E-state index in [1.54, 1.807) is 0 Å². The number of unbranched alkanes of at least 4 members (excludes halogenated alkanes) is 2. The maximum atomic E-state index is 2.38. The fourth-order valence-electron chi connectivity index (χ4n) is 2.74. The highest BCUT2D eigenvalue weighted by atomic mass is 35.5. The van der Waals surface area contributed by atoms with E-state index in [0.29, 0.717) is 0 Å². The van der Waals surface area contributed by atoms with E-state index in [0.717, 1.165) is 0 Å². The van der Waals surface area contributed by atoms with Crippen molar-refractivity contribution in [3.8, 4) is 0 Å². The molecule has 0 unspecified atom stereocenters. The lowest BCUT2D eigenvalue weighted by Crippen LogP contribution is -3.00. The Bertz CT molecular complexity index is 188. The molecule has 1 heterocycles. The van der Waals surface area contributed by atoms with Gasteiger partial charge in [0.05, 0.1) is 27.2 Å². The molecule has 0 saturated carbocycles. The number of piperazine rings is 1. The van der Waals surface area contributed by atoms with Crippen LogP contribution in [0.3, 0.4) is 0 Å². The van der Waals surface area contributed by atoms with E-state index in [2.05, 4.69) is 27.9 Å². The summed E-state index contributed by atoms with van der Waals surface area (Å²) in [5.41, 5.74) is 0. The number of hydrogen-bond acceptors (Lipinski definition) is 0. The molecular formula is C14H32Cl2N2. The van der Waals surface area contributed by atoms with Crippen LogP contribution in [0.5, 0.6) is 0 Å². The number of rotatable bonds is 6. The molecule has 0 bridgehead atoms. The Morgan fingerprint density at radius 1 is 0.722 bits per heavy atom. The van der Waals surface area contributed by atoms with Crippen LogP contribution >= 0.6 is 0 Å². The van der Waals surface area contributed by atoms with Crippen molar-refractivity contribution in [2.45, 2.75) is 39.5 Å². The standard InChI is InChI=1S/C14H32N2.2ClH/c1-5-7-9-16(10-8-6-2)13-11-15(3,4)12-14-16;;/h5-14H2,1-4H3;2*1H/q+2;;/p-2. The minimum atomic E-state index is 0. The first-order valence-corrected chi connectivity index (χ1v) is 7.21. The quantitative estimate of drug-likeness (QED) is 0.447. The van der Waals surface area contributed by atoms with Crippen LogP contribution in [0.4, 0.5) is 0 Å². The third kappa shape index (κ3) is 6.60. The maximum Gasteiger partial charge on any atom is 0.129 e. The molecule has 0 aromatic rings. The minimum Gasteiger partial charge on any atom is -1.00 e. The van der Waals surface area contributed by atoms with Crippen LogP contribution in [-0.2, 0) is 0 Å². The maximum absolute atomic E-state index is 2.38. The second-order valence-electron chi connectivity index (χ2n) is 6.33. The van der Waals surface area contributed by atoms with Gasteiger partial charge in [0.25, 0.3) is 0 Å². The van der Waals surface area contributed by atoms with E-state index >= 15 is 0 Å². The number of hydrogen-bond donors (Lipinski definition) is 0. The molecule has 0 aromatic carbocycles. The summed E-state index contributed by atoms with van der Waals surface area (Å²) in [6, 6.07) is 0. The van der Waals surface area contributed by atoms with Crippen LogP contribution < -0.4 is 24.8 Å². The van der Waals surface area contributed by atoms with Gasteiger partial charge >= 0.3 is 0 Å². The summed E-state index contributed by atoms with van der Waals surface area (Å²) in [4.78, 5) is 0. The highest BCUT2D eigenvalue weighted by molar-refractivity contribution is 4.53. The minimum absolute atomic E-state index is 0. The van der Waals surface area contributed by atoms with Gasteiger partial charge in [0.15, 0.2) is 0 Å². The monoisotopic (exact) mass is 298 g/mol. The van der Waals surface area contributed by atoms with Crippen LogP contribution in [0.15, 0.2) is 0 Å². The lowest BCUT2D eigenvalue weighted by molar-refractivity contribution is -1.02. The van der Waals surface area contributed by atoms with Gasteiger partial charge < -0.3 is 33.8 Å². The van der Waals surface area contributed by atoms with Crippen LogP contribution in [-0.4, -0.2) is 62.3 Å². The number of quaternary nitrogens is 2. The number of likely N-dealkylation sites (N-methyl/N-ethyl adjacent to an activating group) is 1. The molecule has 0 amide bonds. The molecule has 1 rings (SSSR count). The Hall–Kier alpha value is 0.500. The summed E-state index contributed by atoms with van der Waals surface area (Å²) in [6.07, 6.45) is 5.53. The molecule has 0 aromatic heterocycles. The Morgan fingerprint density at radius 3 is 1.44 bits per heavy atom. The topological polar surface area (TPSA) is 0 Å². The Labute approximate surface area is 127 Å². The van der Waals surface area contributed by atoms with Gasteiger partial charge in [0.2, 0.25) is 0 Å². The molecule has 0 spiro atoms. The van der Waals surface area contributed by atoms with Gasteiger partial charge in [-0.1, -0.05) is 26.7 Å². The van der Waals surface area contributed by atoms with Crippen molar-refractivity contribution >= 4 is 0 Å². The summed E-state index contributed by atoms with van der Waals surface area (Å²) in [5.74, 6) is 0. The fraction of sp³-hybridized carbons (Fsp3) is 1.00. The highest BCUT2D eigenvalue weighted by Gasteiger charge is 2.36. The van der Waals surface area contributed by atoms with Crippen LogP contribution in [0.1, 0.15) is 39.5 Å². The SMILES string of the molecule is CCCC[N+]1(CCCC)CC[N+](C)(C)CC1.[Cl-].[Cl-]. The normalized spacial score (nSPS) is 20.7. The molecule has 0 radical (unpaired) electrons. The summed E-state index contributed by atoms with van der Waals surface area (Å²) >= 11 is 0. The summed E-state index contributed by atoms with van der Waals surface area (Å²) in [7, 11) is 4.76. The molecule has 1 fully saturated rings. The van der Waals surface area contributed by atoms with E-state index in [1.807, 2.05) is 0 Å². The van der Waals surface area contributed by atoms with Crippen molar-refractivity contribution in [1.29, 1.82) is 0 Å². The van der Waals surface area contributed by atoms with Crippen molar-refractivity contribution in [3.63, 3.8) is 0 Å². The van der Waals surface area contributed by atoms with Gasteiger partial charge in [0.1, 0.15) is 26.2 Å². The highest BCUT2D eigenvalue weighted by Crippen LogP contribution is 2.18. The third-order valence-electron chi connectivity index (χ3n) is 4.33. The van der Waals surface area contributed by atoms with E-state index < -0.39 is 0 Å². The van der Waals surface area contributed by atoms with Gasteiger partial charge in [-0.2, -0.15) is 0 Å². The average molecular weight is 299 g/mol. The molecule has 0 aliphatic carbocycles. The Kier molecular flexibility index (Phi) is 10.9. The van der Waals surface area contributed by atoms with Gasteiger partial charge in [-0.25, -0.2) is 0 Å². The molecule has 0 atom stereocenters. The zero-order valence-electron chi connectivity index (χ0n) is 12.7. The lowest BCUT2D eigenvalue weighted by Gasteiger charge is -2.47. The summed E-state index contributed by atoms with van der Waals surface area (Å²) in [6.45, 7) is 13.0. The molecular weight excluding hydrogens is 267 g/mol. The number of nitrogens with zero attached hydrogens (tertiary/aromatic N) is 2. The van der Waals surface area contributed by atoms with E-state index in [1.165, 1.54) is 73.9 Å². The average Bonchev–Trinajstić information content (AvgIpc) is 2.27. The zero-order chi connectivity index (χ0) is 12.1. The third-order valence-corrected chi connectivity index (χ3v) is 4.33. The van der Waals surface area contributed by atoms with Crippen molar-refractivity contribution < 1.29 is 33.8 Å². The van der Waals surface area contributed by atoms with E-state index in [4.69, 9.17) is 0 Å². The fourth-order valence-corrected chi connectivity index (χ4v) is 2.74. The predicted octanol–water partition coefficient (Wildman–Crippen LogP) is -3.50. The summed E-state index contributed by atoms with van der Waals surface area (Å²) < 4.78 is 2.65. The largest absolute Gasteiger partial charge is 1.00 e. The first kappa shape index (κ1) is 20.8. The van der Waals surface area contributed by atoms with Crippen molar-refractivity contribution in [1.82, 2.24) is 0 Å². The lowest BCUT2D eigenvalue weighted by atomic mass is 10.1. The molecule has 1 aliphatic heterocycles. The predicted molar refractivity (Wildman–Crippen MR) is 71.4 cm³/mol. The van der Waals surface area contributed by atoms with Gasteiger partial charge in [-0.3, -0.25) is 0 Å². The first-order valence-electron chi connectivity index (χ1n) is 7.21. The molecule has 4 heteroatoms. The van der Waals surface area contributed by atoms with Gasteiger partial charge in [0, 0.05) is 0 Å². The second-order valence-corrected chi connectivity index (χ2v) is 6.33. The molecule has 1 saturated heterocycles. The zero-order valence-corrected chi connectivity index (χ0v) is 14.2. The van der Waals surface area contributed by atoms with Crippen LogP contribution in [0.2, 0.25) is 0 Å². The van der Waals surface area contributed by atoms with Crippen LogP contribution in [0, 0.1) is 0 Å². The van der Waals surface area contributed by atoms with Gasteiger partial charge in [-0.15, -0.1) is 0 Å². The van der Waals surface area contributed by atoms with Crippen LogP contribution in [0.25, 0.3) is 0 Å². The van der Waals surface area contributed by atoms with E-state index in [9.17, 15) is 0 Å². The Balaban J connectivity index is 0. The van der Waals surface area contributed by atoms with Gasteiger partial charge in [-0.05, 0) is 12.8 Å². The van der Waals surface area contributed by atoms with Crippen molar-refractivity contribution in [2.24, 2.45) is 0 Å². The summed E-state index contributed by atoms with van der Waals surface area (Å²) in [5, 5.41) is 0. The van der Waals surface area contributed by atoms with E-state index in [-0.39, 0.29) is 24.8 Å². The molecule has 1 aliphatic rings. The smallest absolute Gasteiger partial charge is 0.129 e. The molecule has 0 N–H and O–H groups in total. The first-order chi connectivity index (χ1) is 7.54. The van der Waals surface area contributed by atoms with Crippen molar-refractivity contribution in [3.05, 3.63) is 0 Å². The molecule has 18 heavy (non-hydrogen) atoms. The number of halogens is 2. The molecule has 112 valence electrons.